The van der Waals surface area contributed by atoms with Crippen LogP contribution in [-0.4, -0.2) is 31.8 Å². The monoisotopic (exact) mass is 417 g/mol. The third-order valence-electron chi connectivity index (χ3n) is 4.07. The van der Waals surface area contributed by atoms with Gasteiger partial charge in [0.2, 0.25) is 11.8 Å². The lowest BCUT2D eigenvalue weighted by Gasteiger charge is -2.12. The molecule has 7 nitrogen and oxygen atoms in total. The number of ether oxygens (including phenoxy) is 2. The minimum absolute atomic E-state index is 0.0436. The summed E-state index contributed by atoms with van der Waals surface area (Å²) in [6, 6.07) is 11.5. The molecule has 1 aromatic heterocycles. The van der Waals surface area contributed by atoms with Gasteiger partial charge in [-0.2, -0.15) is 4.98 Å². The van der Waals surface area contributed by atoms with Crippen LogP contribution in [0.1, 0.15) is 11.1 Å². The van der Waals surface area contributed by atoms with Gasteiger partial charge in [-0.3, -0.25) is 0 Å². The Kier molecular flexibility index (Phi) is 5.97. The van der Waals surface area contributed by atoms with E-state index >= 15 is 0 Å². The Bertz CT molecular complexity index is 1120. The number of sulfone groups is 1. The van der Waals surface area contributed by atoms with Gasteiger partial charge in [0.25, 0.3) is 0 Å². The van der Waals surface area contributed by atoms with Crippen LogP contribution in [0.5, 0.6) is 11.6 Å². The molecule has 0 radical (unpaired) electrons. The average Bonchev–Trinajstić information content (AvgIpc) is 2.69. The first-order valence-electron chi connectivity index (χ1n) is 8.63. The van der Waals surface area contributed by atoms with Gasteiger partial charge < -0.3 is 14.8 Å². The molecular formula is C20H20FN3O4S. The molecule has 0 aliphatic heterocycles. The second kappa shape index (κ2) is 8.44. The lowest BCUT2D eigenvalue weighted by atomic mass is 10.2. The zero-order valence-electron chi connectivity index (χ0n) is 16.1. The molecule has 152 valence electrons. The number of nitrogens with zero attached hydrogens (tertiary/aromatic N) is 2. The normalized spacial score (nSPS) is 11.2. The van der Waals surface area contributed by atoms with Gasteiger partial charge in [0, 0.05) is 18.0 Å². The molecule has 1 heterocycles. The van der Waals surface area contributed by atoms with Crippen molar-refractivity contribution in [3.8, 4) is 11.6 Å². The van der Waals surface area contributed by atoms with Crippen molar-refractivity contribution in [3.05, 3.63) is 65.6 Å². The standard InChI is InChI=1S/C20H20FN3O4S/c1-13-11-22-20(23-16-5-4-6-17(18(16)21)29(3,25)26)24-19(13)28-12-14-7-9-15(27-2)10-8-14/h4-11H,12H2,1-3H3,(H,22,23,24). The number of aromatic nitrogens is 2. The highest BCUT2D eigenvalue weighted by Gasteiger charge is 2.17. The van der Waals surface area contributed by atoms with E-state index in [9.17, 15) is 12.8 Å². The van der Waals surface area contributed by atoms with Gasteiger partial charge in [-0.05, 0) is 36.8 Å². The van der Waals surface area contributed by atoms with E-state index in [2.05, 4.69) is 15.3 Å². The fraction of sp³-hybridized carbons (Fsp3) is 0.200. The molecule has 0 unspecified atom stereocenters. The number of nitrogens with one attached hydrogen (secondary N) is 1. The molecule has 0 fully saturated rings. The molecule has 1 N–H and O–H groups in total. The second-order valence-electron chi connectivity index (χ2n) is 6.33. The summed E-state index contributed by atoms with van der Waals surface area (Å²) in [5, 5.41) is 2.71. The number of benzene rings is 2. The summed E-state index contributed by atoms with van der Waals surface area (Å²) in [7, 11) is -2.10. The summed E-state index contributed by atoms with van der Waals surface area (Å²) in [6.45, 7) is 2.07. The van der Waals surface area contributed by atoms with E-state index in [1.54, 1.807) is 14.0 Å². The molecule has 3 rings (SSSR count). The Labute approximate surface area is 168 Å². The quantitative estimate of drug-likeness (QED) is 0.627. The van der Waals surface area contributed by atoms with Gasteiger partial charge in [0.05, 0.1) is 12.8 Å². The van der Waals surface area contributed by atoms with Crippen LogP contribution in [0.4, 0.5) is 16.0 Å². The highest BCUT2D eigenvalue weighted by atomic mass is 32.2. The van der Waals surface area contributed by atoms with Crippen LogP contribution in [-0.2, 0) is 16.4 Å². The van der Waals surface area contributed by atoms with E-state index in [0.717, 1.165) is 17.6 Å². The van der Waals surface area contributed by atoms with E-state index < -0.39 is 20.5 Å². The number of hydrogen-bond donors (Lipinski definition) is 1. The molecule has 0 amide bonds. The molecule has 0 atom stereocenters. The van der Waals surface area contributed by atoms with Crippen molar-refractivity contribution < 1.29 is 22.3 Å². The molecule has 2 aromatic carbocycles. The van der Waals surface area contributed by atoms with Crippen LogP contribution in [0.25, 0.3) is 0 Å². The number of methoxy groups -OCH3 is 1. The molecular weight excluding hydrogens is 397 g/mol. The number of anilines is 2. The molecule has 0 saturated heterocycles. The summed E-state index contributed by atoms with van der Waals surface area (Å²) in [4.78, 5) is 7.98. The van der Waals surface area contributed by atoms with Gasteiger partial charge in [-0.1, -0.05) is 18.2 Å². The van der Waals surface area contributed by atoms with E-state index in [4.69, 9.17) is 9.47 Å². The van der Waals surface area contributed by atoms with Crippen molar-refractivity contribution in [1.29, 1.82) is 0 Å². The summed E-state index contributed by atoms with van der Waals surface area (Å²) in [5.74, 6) is 0.277. The van der Waals surface area contributed by atoms with Gasteiger partial charge >= 0.3 is 0 Å². The summed E-state index contributed by atoms with van der Waals surface area (Å²) >= 11 is 0. The lowest BCUT2D eigenvalue weighted by Crippen LogP contribution is -2.06. The Balaban J connectivity index is 1.79. The van der Waals surface area contributed by atoms with Crippen molar-refractivity contribution in [3.63, 3.8) is 0 Å². The van der Waals surface area contributed by atoms with Crippen molar-refractivity contribution in [2.24, 2.45) is 0 Å². The molecule has 0 spiro atoms. The maximum atomic E-state index is 14.5. The SMILES string of the molecule is COc1ccc(COc2nc(Nc3cccc(S(C)(=O)=O)c3F)ncc2C)cc1. The van der Waals surface area contributed by atoms with Crippen LogP contribution >= 0.6 is 0 Å². The molecule has 0 bridgehead atoms. The van der Waals surface area contributed by atoms with Gasteiger partial charge in [-0.25, -0.2) is 17.8 Å². The Morgan fingerprint density at radius 3 is 2.52 bits per heavy atom. The van der Waals surface area contributed by atoms with E-state index in [-0.39, 0.29) is 18.2 Å². The number of rotatable bonds is 7. The van der Waals surface area contributed by atoms with Gasteiger partial charge in [0.1, 0.15) is 17.3 Å². The molecule has 29 heavy (non-hydrogen) atoms. The number of hydrogen-bond acceptors (Lipinski definition) is 7. The number of halogens is 1. The zero-order valence-corrected chi connectivity index (χ0v) is 17.0. The topological polar surface area (TPSA) is 90.4 Å². The second-order valence-corrected chi connectivity index (χ2v) is 8.32. The van der Waals surface area contributed by atoms with E-state index in [0.29, 0.717) is 11.4 Å². The zero-order chi connectivity index (χ0) is 21.0. The Morgan fingerprint density at radius 2 is 1.86 bits per heavy atom. The van der Waals surface area contributed by atoms with Crippen molar-refractivity contribution >= 4 is 21.5 Å². The molecule has 0 saturated carbocycles. The van der Waals surface area contributed by atoms with Crippen molar-refractivity contribution in [2.45, 2.75) is 18.4 Å². The predicted molar refractivity (Wildman–Crippen MR) is 107 cm³/mol. The van der Waals surface area contributed by atoms with Crippen molar-refractivity contribution in [2.75, 3.05) is 18.7 Å². The lowest BCUT2D eigenvalue weighted by molar-refractivity contribution is 0.291. The molecule has 3 aromatic rings. The van der Waals surface area contributed by atoms with Crippen LogP contribution in [0.15, 0.2) is 53.6 Å². The third kappa shape index (κ3) is 5.00. The maximum Gasteiger partial charge on any atom is 0.230 e. The minimum atomic E-state index is -3.70. The first kappa shape index (κ1) is 20.5. The van der Waals surface area contributed by atoms with Crippen LogP contribution in [0.2, 0.25) is 0 Å². The highest BCUT2D eigenvalue weighted by molar-refractivity contribution is 7.90. The van der Waals surface area contributed by atoms with E-state index in [1.807, 2.05) is 24.3 Å². The fourth-order valence-electron chi connectivity index (χ4n) is 2.52. The largest absolute Gasteiger partial charge is 0.497 e. The first-order valence-corrected chi connectivity index (χ1v) is 10.5. The average molecular weight is 417 g/mol. The smallest absolute Gasteiger partial charge is 0.230 e. The number of aryl methyl sites for hydroxylation is 1. The summed E-state index contributed by atoms with van der Waals surface area (Å²) in [6.07, 6.45) is 2.49. The van der Waals surface area contributed by atoms with E-state index in [1.165, 1.54) is 24.4 Å². The predicted octanol–water partition coefficient (Wildman–Crippen LogP) is 3.66. The van der Waals surface area contributed by atoms with Gasteiger partial charge in [0.15, 0.2) is 15.7 Å². The summed E-state index contributed by atoms with van der Waals surface area (Å²) in [5.41, 5.74) is 1.58. The van der Waals surface area contributed by atoms with Crippen molar-refractivity contribution in [1.82, 2.24) is 9.97 Å². The van der Waals surface area contributed by atoms with Crippen LogP contribution in [0, 0.1) is 12.7 Å². The molecule has 9 heteroatoms. The minimum Gasteiger partial charge on any atom is -0.497 e. The molecule has 0 aliphatic rings. The summed E-state index contributed by atoms with van der Waals surface area (Å²) < 4.78 is 48.8. The van der Waals surface area contributed by atoms with Gasteiger partial charge in [-0.15, -0.1) is 0 Å². The van der Waals surface area contributed by atoms with Crippen LogP contribution < -0.4 is 14.8 Å². The fourth-order valence-corrected chi connectivity index (χ4v) is 3.28. The Hall–Kier alpha value is -3.20. The Morgan fingerprint density at radius 1 is 1.14 bits per heavy atom. The third-order valence-corrected chi connectivity index (χ3v) is 5.18. The first-order chi connectivity index (χ1) is 13.8. The molecule has 0 aliphatic carbocycles. The maximum absolute atomic E-state index is 14.5. The highest BCUT2D eigenvalue weighted by Crippen LogP contribution is 2.25. The van der Waals surface area contributed by atoms with Crippen LogP contribution in [0.3, 0.4) is 0 Å².